The molecule has 2 aromatic heterocycles. The van der Waals surface area contributed by atoms with Crippen molar-refractivity contribution >= 4 is 28.3 Å². The SMILES string of the molecule is CCOC(=O)Cc1ccc(OC)cc1OCc1cc(-c2ccnc(CN[S+]([O-])C(C)(C)C)c2F)c2occ(C(F)(F)F)c2c1. The van der Waals surface area contributed by atoms with Crippen LogP contribution in [0.25, 0.3) is 22.1 Å². The van der Waals surface area contributed by atoms with E-state index in [4.69, 9.17) is 18.6 Å². The number of carbonyl (C=O) groups excluding carboxylic acids is 1. The van der Waals surface area contributed by atoms with Gasteiger partial charge in [-0.25, -0.2) is 4.39 Å². The van der Waals surface area contributed by atoms with Crippen LogP contribution in [0.1, 0.15) is 50.1 Å². The van der Waals surface area contributed by atoms with Crippen molar-refractivity contribution in [1.29, 1.82) is 0 Å². The van der Waals surface area contributed by atoms with Crippen molar-refractivity contribution in [3.05, 3.63) is 77.1 Å². The third-order valence-electron chi connectivity index (χ3n) is 6.53. The minimum Gasteiger partial charge on any atom is -0.598 e. The van der Waals surface area contributed by atoms with Gasteiger partial charge < -0.3 is 23.2 Å². The van der Waals surface area contributed by atoms with Crippen molar-refractivity contribution in [2.24, 2.45) is 0 Å². The second-order valence-corrected chi connectivity index (χ2v) is 12.8. The molecular weight excluding hydrogens is 604 g/mol. The van der Waals surface area contributed by atoms with Crippen molar-refractivity contribution in [3.8, 4) is 22.6 Å². The molecule has 0 aliphatic heterocycles. The maximum absolute atomic E-state index is 15.8. The molecule has 0 fully saturated rings. The van der Waals surface area contributed by atoms with E-state index in [9.17, 15) is 22.5 Å². The maximum Gasteiger partial charge on any atom is 0.420 e. The molecular formula is C31H32F4N2O6S. The Balaban J connectivity index is 1.75. The first-order chi connectivity index (χ1) is 20.7. The number of ether oxygens (including phenoxy) is 3. The van der Waals surface area contributed by atoms with E-state index in [2.05, 4.69) is 9.71 Å². The highest BCUT2D eigenvalue weighted by Gasteiger charge is 2.36. The molecule has 236 valence electrons. The van der Waals surface area contributed by atoms with Crippen LogP contribution in [0.2, 0.25) is 0 Å². The number of furan rings is 1. The largest absolute Gasteiger partial charge is 0.598 e. The van der Waals surface area contributed by atoms with E-state index in [1.165, 1.54) is 31.5 Å². The number of nitrogens with one attached hydrogen (secondary N) is 1. The molecule has 0 saturated carbocycles. The van der Waals surface area contributed by atoms with Gasteiger partial charge >= 0.3 is 12.1 Å². The summed E-state index contributed by atoms with van der Waals surface area (Å²) in [6.07, 6.45) is -2.94. The van der Waals surface area contributed by atoms with Gasteiger partial charge in [0.15, 0.2) is 5.82 Å². The van der Waals surface area contributed by atoms with Crippen molar-refractivity contribution in [2.75, 3.05) is 13.7 Å². The molecule has 1 atom stereocenters. The molecule has 4 aromatic rings. The summed E-state index contributed by atoms with van der Waals surface area (Å²) in [7, 11) is 1.45. The summed E-state index contributed by atoms with van der Waals surface area (Å²) in [5.74, 6) is -0.591. The number of alkyl halides is 3. The van der Waals surface area contributed by atoms with E-state index in [0.717, 1.165) is 0 Å². The lowest BCUT2D eigenvalue weighted by Crippen LogP contribution is -2.39. The van der Waals surface area contributed by atoms with Crippen molar-refractivity contribution in [3.63, 3.8) is 0 Å². The first-order valence-corrected chi connectivity index (χ1v) is 14.7. The normalized spacial score (nSPS) is 12.8. The van der Waals surface area contributed by atoms with Crippen LogP contribution in [-0.4, -0.2) is 34.0 Å². The van der Waals surface area contributed by atoms with Gasteiger partial charge in [-0.3, -0.25) is 9.78 Å². The first kappa shape index (κ1) is 33.1. The number of carbonyl (C=O) groups is 1. The summed E-state index contributed by atoms with van der Waals surface area (Å²) in [6.45, 7) is 6.71. The number of pyridine rings is 1. The Morgan fingerprint density at radius 1 is 1.11 bits per heavy atom. The van der Waals surface area contributed by atoms with Crippen LogP contribution in [-0.2, 0) is 46.6 Å². The fraction of sp³-hybridized carbons (Fsp3) is 0.355. The molecule has 0 saturated heterocycles. The summed E-state index contributed by atoms with van der Waals surface area (Å²) < 4.78 is 93.8. The highest BCUT2D eigenvalue weighted by atomic mass is 32.2. The minimum absolute atomic E-state index is 0.0482. The Morgan fingerprint density at radius 2 is 1.86 bits per heavy atom. The highest BCUT2D eigenvalue weighted by molar-refractivity contribution is 7.90. The van der Waals surface area contributed by atoms with Gasteiger partial charge in [-0.15, -0.1) is 4.72 Å². The Hall–Kier alpha value is -3.81. The Morgan fingerprint density at radius 3 is 2.52 bits per heavy atom. The number of rotatable bonds is 11. The van der Waals surface area contributed by atoms with Crippen molar-refractivity contribution in [2.45, 2.75) is 58.2 Å². The number of fused-ring (bicyclic) bond motifs is 1. The molecule has 0 radical (unpaired) electrons. The Labute approximate surface area is 255 Å². The zero-order valence-electron chi connectivity index (χ0n) is 24.8. The van der Waals surface area contributed by atoms with Gasteiger partial charge in [0, 0.05) is 45.7 Å². The van der Waals surface area contributed by atoms with E-state index in [1.54, 1.807) is 45.9 Å². The number of hydrogen-bond donors (Lipinski definition) is 1. The van der Waals surface area contributed by atoms with E-state index >= 15 is 4.39 Å². The average molecular weight is 637 g/mol. The maximum atomic E-state index is 15.8. The van der Waals surface area contributed by atoms with E-state index in [1.807, 2.05) is 0 Å². The lowest BCUT2D eigenvalue weighted by molar-refractivity contribution is -0.142. The number of benzene rings is 2. The van der Waals surface area contributed by atoms with Crippen LogP contribution < -0.4 is 14.2 Å². The third-order valence-corrected chi connectivity index (χ3v) is 8.05. The van der Waals surface area contributed by atoms with Gasteiger partial charge in [0.25, 0.3) is 0 Å². The van der Waals surface area contributed by atoms with E-state index < -0.39 is 39.6 Å². The molecule has 0 spiro atoms. The number of aromatic nitrogens is 1. The van der Waals surface area contributed by atoms with Crippen LogP contribution in [0.4, 0.5) is 17.6 Å². The number of nitrogens with zero attached hydrogens (tertiary/aromatic N) is 1. The number of esters is 1. The van der Waals surface area contributed by atoms with Crippen LogP contribution in [0.3, 0.4) is 0 Å². The smallest absolute Gasteiger partial charge is 0.420 e. The Kier molecular flexibility index (Phi) is 10.1. The Bertz CT molecular complexity index is 1630. The molecule has 0 amide bonds. The summed E-state index contributed by atoms with van der Waals surface area (Å²) in [6, 6.07) is 8.89. The number of methoxy groups -OCH3 is 1. The molecule has 8 nitrogen and oxygen atoms in total. The van der Waals surface area contributed by atoms with Gasteiger partial charge in [-0.05, 0) is 57.5 Å². The summed E-state index contributed by atoms with van der Waals surface area (Å²) >= 11 is -1.52. The van der Waals surface area contributed by atoms with Crippen LogP contribution in [0.5, 0.6) is 11.5 Å². The number of hydrogen-bond acceptors (Lipinski definition) is 8. The second-order valence-electron chi connectivity index (χ2n) is 10.7. The molecule has 0 aliphatic rings. The lowest BCUT2D eigenvalue weighted by atomic mass is 9.98. The van der Waals surface area contributed by atoms with Gasteiger partial charge in [0.05, 0.1) is 32.4 Å². The lowest BCUT2D eigenvalue weighted by Gasteiger charge is -2.23. The standard InChI is InChI=1S/C31H32F4N2O6S/c1-6-41-27(38)13-19-7-8-20(40-5)14-26(19)42-16-18-11-22(29-23(12-18)24(17-43-29)31(33,34)35)21-9-10-36-25(28(21)32)15-37-44(39)30(2,3)4/h7-12,14,17,37H,6,13,15-16H2,1-5H3. The summed E-state index contributed by atoms with van der Waals surface area (Å²) in [5, 5.41) is -0.282. The molecule has 4 rings (SSSR count). The van der Waals surface area contributed by atoms with Gasteiger partial charge in [0.1, 0.15) is 40.3 Å². The van der Waals surface area contributed by atoms with Gasteiger partial charge in [-0.1, -0.05) is 6.07 Å². The molecule has 0 bridgehead atoms. The zero-order chi connectivity index (χ0) is 32.2. The fourth-order valence-electron chi connectivity index (χ4n) is 4.34. The van der Waals surface area contributed by atoms with Crippen LogP contribution >= 0.6 is 0 Å². The van der Waals surface area contributed by atoms with Crippen LogP contribution in [0.15, 0.2) is 53.3 Å². The predicted molar refractivity (Wildman–Crippen MR) is 157 cm³/mol. The highest BCUT2D eigenvalue weighted by Crippen LogP contribution is 2.41. The van der Waals surface area contributed by atoms with Crippen LogP contribution in [0, 0.1) is 5.82 Å². The molecule has 44 heavy (non-hydrogen) atoms. The zero-order valence-corrected chi connectivity index (χ0v) is 25.6. The molecule has 0 aliphatic carbocycles. The molecule has 1 unspecified atom stereocenters. The molecule has 1 N–H and O–H groups in total. The van der Waals surface area contributed by atoms with Crippen molar-refractivity contribution in [1.82, 2.24) is 9.71 Å². The van der Waals surface area contributed by atoms with Gasteiger partial charge in [0.2, 0.25) is 0 Å². The topological polar surface area (TPSA) is 106 Å². The average Bonchev–Trinajstić information content (AvgIpc) is 3.40. The third kappa shape index (κ3) is 7.63. The summed E-state index contributed by atoms with van der Waals surface area (Å²) in [4.78, 5) is 16.2. The second kappa shape index (κ2) is 13.4. The first-order valence-electron chi connectivity index (χ1n) is 13.6. The van der Waals surface area contributed by atoms with Gasteiger partial charge in [-0.2, -0.15) is 13.2 Å². The predicted octanol–water partition coefficient (Wildman–Crippen LogP) is 6.90. The van der Waals surface area contributed by atoms with E-state index in [-0.39, 0.29) is 65.3 Å². The molecule has 13 heteroatoms. The molecule has 2 heterocycles. The van der Waals surface area contributed by atoms with Crippen molar-refractivity contribution < 1.29 is 45.5 Å². The summed E-state index contributed by atoms with van der Waals surface area (Å²) in [5.41, 5.74) is -0.532. The number of halogens is 4. The quantitative estimate of drug-likeness (QED) is 0.108. The molecule has 2 aromatic carbocycles. The fourth-order valence-corrected chi connectivity index (χ4v) is 5.04. The van der Waals surface area contributed by atoms with E-state index in [0.29, 0.717) is 17.6 Å². The minimum atomic E-state index is -4.75. The monoisotopic (exact) mass is 636 g/mol.